The Bertz CT molecular complexity index is 393. The normalized spacial score (nSPS) is 16.9. The fourth-order valence-electron chi connectivity index (χ4n) is 3.02. The number of nitrogens with zero attached hydrogens (tertiary/aromatic N) is 2. The van der Waals surface area contributed by atoms with Crippen molar-refractivity contribution in [2.45, 2.75) is 32.6 Å². The van der Waals surface area contributed by atoms with Gasteiger partial charge in [-0.2, -0.15) is 0 Å². The first-order valence-corrected chi connectivity index (χ1v) is 8.86. The molecule has 0 aromatic heterocycles. The molecule has 7 nitrogen and oxygen atoms in total. The van der Waals surface area contributed by atoms with Gasteiger partial charge in [0.15, 0.2) is 5.96 Å². The van der Waals surface area contributed by atoms with Crippen molar-refractivity contribution in [3.63, 3.8) is 0 Å². The van der Waals surface area contributed by atoms with Gasteiger partial charge in [0.1, 0.15) is 0 Å². The zero-order chi connectivity index (χ0) is 17.8. The molecule has 0 aliphatic heterocycles. The van der Waals surface area contributed by atoms with E-state index in [9.17, 15) is 4.79 Å². The van der Waals surface area contributed by atoms with E-state index in [1.54, 1.807) is 12.0 Å². The average molecular weight is 342 g/mol. The first kappa shape index (κ1) is 20.7. The van der Waals surface area contributed by atoms with Crippen LogP contribution in [0.3, 0.4) is 0 Å². The highest BCUT2D eigenvalue weighted by Gasteiger charge is 2.41. The van der Waals surface area contributed by atoms with Crippen molar-refractivity contribution in [3.05, 3.63) is 0 Å². The number of rotatable bonds is 10. The molecule has 0 aromatic rings. The summed E-state index contributed by atoms with van der Waals surface area (Å²) in [5, 5.41) is 6.48. The summed E-state index contributed by atoms with van der Waals surface area (Å²) in [4.78, 5) is 19.0. The number of nitrogens with one attached hydrogen (secondary N) is 2. The summed E-state index contributed by atoms with van der Waals surface area (Å²) in [6.45, 7) is 5.80. The van der Waals surface area contributed by atoms with Crippen LogP contribution in [-0.2, 0) is 14.3 Å². The second-order valence-corrected chi connectivity index (χ2v) is 6.41. The summed E-state index contributed by atoms with van der Waals surface area (Å²) in [7, 11) is 5.31. The molecule has 0 unspecified atom stereocenters. The van der Waals surface area contributed by atoms with Crippen LogP contribution in [0.5, 0.6) is 0 Å². The number of guanidine groups is 1. The summed E-state index contributed by atoms with van der Waals surface area (Å²) in [5.41, 5.74) is -0.333. The smallest absolute Gasteiger partial charge is 0.230 e. The maximum atomic E-state index is 12.6. The second-order valence-electron chi connectivity index (χ2n) is 6.41. The van der Waals surface area contributed by atoms with Crippen LogP contribution in [0.2, 0.25) is 0 Å². The molecule has 0 heterocycles. The van der Waals surface area contributed by atoms with Crippen LogP contribution in [-0.4, -0.2) is 77.4 Å². The van der Waals surface area contributed by atoms with Gasteiger partial charge in [-0.3, -0.25) is 9.79 Å². The quantitative estimate of drug-likeness (QED) is 0.350. The van der Waals surface area contributed by atoms with Crippen LogP contribution in [0.4, 0.5) is 0 Å². The van der Waals surface area contributed by atoms with Crippen LogP contribution in [0, 0.1) is 5.41 Å². The van der Waals surface area contributed by atoms with Crippen molar-refractivity contribution in [2.75, 3.05) is 60.7 Å². The fourth-order valence-corrected chi connectivity index (χ4v) is 3.02. The molecule has 0 spiro atoms. The molecule has 1 aliphatic carbocycles. The third kappa shape index (κ3) is 6.65. The molecule has 1 fully saturated rings. The predicted octanol–water partition coefficient (Wildman–Crippen LogP) is 0.853. The van der Waals surface area contributed by atoms with E-state index in [4.69, 9.17) is 9.47 Å². The van der Waals surface area contributed by atoms with Crippen LogP contribution in [0.15, 0.2) is 4.99 Å². The topological polar surface area (TPSA) is 75.2 Å². The Morgan fingerprint density at radius 1 is 1.17 bits per heavy atom. The minimum absolute atomic E-state index is 0.197. The van der Waals surface area contributed by atoms with Gasteiger partial charge in [0.05, 0.1) is 31.8 Å². The van der Waals surface area contributed by atoms with Crippen molar-refractivity contribution in [1.29, 1.82) is 0 Å². The Morgan fingerprint density at radius 2 is 1.88 bits per heavy atom. The minimum Gasteiger partial charge on any atom is -0.382 e. The summed E-state index contributed by atoms with van der Waals surface area (Å²) in [6.07, 6.45) is 4.05. The summed E-state index contributed by atoms with van der Waals surface area (Å²) < 4.78 is 10.4. The van der Waals surface area contributed by atoms with E-state index < -0.39 is 0 Å². The SMILES string of the molecule is CCNC(=NCC1(C(=O)N(C)C)CCCC1)NCCOCCOC. The van der Waals surface area contributed by atoms with Gasteiger partial charge in [0.25, 0.3) is 0 Å². The molecule has 2 N–H and O–H groups in total. The first-order chi connectivity index (χ1) is 11.6. The largest absolute Gasteiger partial charge is 0.382 e. The average Bonchev–Trinajstić information content (AvgIpc) is 3.05. The van der Waals surface area contributed by atoms with E-state index in [1.807, 2.05) is 21.0 Å². The van der Waals surface area contributed by atoms with Gasteiger partial charge in [0, 0.05) is 34.3 Å². The van der Waals surface area contributed by atoms with E-state index >= 15 is 0 Å². The molecule has 1 aliphatic rings. The summed E-state index contributed by atoms with van der Waals surface area (Å²) >= 11 is 0. The third-order valence-electron chi connectivity index (χ3n) is 4.28. The van der Waals surface area contributed by atoms with Crippen LogP contribution >= 0.6 is 0 Å². The predicted molar refractivity (Wildman–Crippen MR) is 96.3 cm³/mol. The van der Waals surface area contributed by atoms with Gasteiger partial charge in [-0.25, -0.2) is 0 Å². The molecule has 7 heteroatoms. The summed E-state index contributed by atoms with van der Waals surface area (Å²) in [5.74, 6) is 0.938. The zero-order valence-corrected chi connectivity index (χ0v) is 15.7. The molecular weight excluding hydrogens is 308 g/mol. The maximum absolute atomic E-state index is 12.6. The van der Waals surface area contributed by atoms with Crippen LogP contribution < -0.4 is 10.6 Å². The lowest BCUT2D eigenvalue weighted by Crippen LogP contribution is -2.43. The third-order valence-corrected chi connectivity index (χ3v) is 4.28. The molecular formula is C17H34N4O3. The number of carbonyl (C=O) groups is 1. The Hall–Kier alpha value is -1.34. The lowest BCUT2D eigenvalue weighted by molar-refractivity contribution is -0.138. The lowest BCUT2D eigenvalue weighted by atomic mass is 9.85. The Kier molecular flexibility index (Phi) is 9.71. The van der Waals surface area contributed by atoms with Crippen LogP contribution in [0.1, 0.15) is 32.6 Å². The first-order valence-electron chi connectivity index (χ1n) is 8.86. The highest BCUT2D eigenvalue weighted by atomic mass is 16.5. The highest BCUT2D eigenvalue weighted by molar-refractivity contribution is 5.84. The molecule has 1 rings (SSSR count). The molecule has 0 bridgehead atoms. The molecule has 0 aromatic carbocycles. The number of carbonyl (C=O) groups excluding carboxylic acids is 1. The van der Waals surface area contributed by atoms with Crippen molar-refractivity contribution in [3.8, 4) is 0 Å². The standard InChI is InChI=1S/C17H34N4O3/c1-5-18-16(19-10-11-24-13-12-23-4)20-14-17(8-6-7-9-17)15(22)21(2)3/h5-14H2,1-4H3,(H2,18,19,20). The summed E-state index contributed by atoms with van der Waals surface area (Å²) in [6, 6.07) is 0. The van der Waals surface area contributed by atoms with E-state index in [2.05, 4.69) is 15.6 Å². The van der Waals surface area contributed by atoms with Crippen molar-refractivity contribution < 1.29 is 14.3 Å². The van der Waals surface area contributed by atoms with Gasteiger partial charge in [0.2, 0.25) is 5.91 Å². The second kappa shape index (κ2) is 11.3. The number of methoxy groups -OCH3 is 1. The van der Waals surface area contributed by atoms with E-state index in [1.165, 1.54) is 0 Å². The number of aliphatic imine (C=N–C) groups is 1. The van der Waals surface area contributed by atoms with Gasteiger partial charge < -0.3 is 25.0 Å². The fraction of sp³-hybridized carbons (Fsp3) is 0.882. The van der Waals surface area contributed by atoms with Crippen molar-refractivity contribution >= 4 is 11.9 Å². The monoisotopic (exact) mass is 342 g/mol. The Morgan fingerprint density at radius 3 is 2.46 bits per heavy atom. The van der Waals surface area contributed by atoms with Gasteiger partial charge in [-0.1, -0.05) is 12.8 Å². The van der Waals surface area contributed by atoms with Gasteiger partial charge in [-0.15, -0.1) is 0 Å². The number of amides is 1. The molecule has 140 valence electrons. The lowest BCUT2D eigenvalue weighted by Gasteiger charge is -2.29. The van der Waals surface area contributed by atoms with E-state index in [-0.39, 0.29) is 11.3 Å². The Balaban J connectivity index is 2.54. The Labute approximate surface area is 146 Å². The van der Waals surface area contributed by atoms with E-state index in [0.717, 1.165) is 38.2 Å². The maximum Gasteiger partial charge on any atom is 0.230 e. The van der Waals surface area contributed by atoms with Crippen LogP contribution in [0.25, 0.3) is 0 Å². The van der Waals surface area contributed by atoms with Crippen molar-refractivity contribution in [1.82, 2.24) is 15.5 Å². The number of ether oxygens (including phenoxy) is 2. The van der Waals surface area contributed by atoms with Gasteiger partial charge in [-0.05, 0) is 19.8 Å². The number of hydrogen-bond acceptors (Lipinski definition) is 4. The molecule has 24 heavy (non-hydrogen) atoms. The molecule has 0 saturated heterocycles. The minimum atomic E-state index is -0.333. The molecule has 1 saturated carbocycles. The van der Waals surface area contributed by atoms with E-state index in [0.29, 0.717) is 32.9 Å². The zero-order valence-electron chi connectivity index (χ0n) is 15.7. The number of hydrogen-bond donors (Lipinski definition) is 2. The van der Waals surface area contributed by atoms with Gasteiger partial charge >= 0.3 is 0 Å². The van der Waals surface area contributed by atoms with Crippen molar-refractivity contribution in [2.24, 2.45) is 10.4 Å². The molecule has 1 amide bonds. The molecule has 0 radical (unpaired) electrons. The molecule has 0 atom stereocenters. The highest BCUT2D eigenvalue weighted by Crippen LogP contribution is 2.39.